The molecule has 6 heteroatoms. The molecule has 1 saturated heterocycles. The van der Waals surface area contributed by atoms with Gasteiger partial charge in [0.15, 0.2) is 11.8 Å². The molecule has 1 aliphatic carbocycles. The van der Waals surface area contributed by atoms with Crippen molar-refractivity contribution >= 4 is 11.7 Å². The molecule has 17 heavy (non-hydrogen) atoms. The topological polar surface area (TPSA) is 80.7 Å². The Morgan fingerprint density at radius 2 is 2.59 bits per heavy atom. The molecule has 92 valence electrons. The van der Waals surface area contributed by atoms with Gasteiger partial charge in [-0.2, -0.15) is 0 Å². The first-order chi connectivity index (χ1) is 8.14. The summed E-state index contributed by atoms with van der Waals surface area (Å²) in [5, 5.41) is 14.1. The van der Waals surface area contributed by atoms with Crippen LogP contribution in [0.2, 0.25) is 0 Å². The first-order valence-corrected chi connectivity index (χ1v) is 5.61. The second kappa shape index (κ2) is 3.54. The molecule has 0 saturated carbocycles. The fourth-order valence-electron chi connectivity index (χ4n) is 2.23. The number of hydrogen-bond donors (Lipinski definition) is 1. The minimum atomic E-state index is -1.22. The highest BCUT2D eigenvalue weighted by Crippen LogP contribution is 2.42. The first kappa shape index (κ1) is 10.7. The van der Waals surface area contributed by atoms with Crippen molar-refractivity contribution in [2.24, 2.45) is 5.16 Å². The van der Waals surface area contributed by atoms with Gasteiger partial charge in [-0.15, -0.1) is 0 Å². The van der Waals surface area contributed by atoms with Gasteiger partial charge in [0.1, 0.15) is 17.8 Å². The SMILES string of the molecule is CCOC(=O)C1=NO[C@H]2C3OC3C=C[C@@]2(O)C1. The molecule has 2 unspecified atom stereocenters. The van der Waals surface area contributed by atoms with Crippen molar-refractivity contribution in [2.75, 3.05) is 6.61 Å². The number of rotatable bonds is 2. The third-order valence-electron chi connectivity index (χ3n) is 3.17. The summed E-state index contributed by atoms with van der Waals surface area (Å²) in [6, 6.07) is 0. The van der Waals surface area contributed by atoms with E-state index in [1.165, 1.54) is 0 Å². The molecule has 2 heterocycles. The van der Waals surface area contributed by atoms with E-state index in [4.69, 9.17) is 14.3 Å². The molecule has 0 aromatic rings. The summed E-state index contributed by atoms with van der Waals surface area (Å²) in [6.07, 6.45) is 2.84. The molecular weight excluding hydrogens is 226 g/mol. The maximum Gasteiger partial charge on any atom is 0.356 e. The minimum absolute atomic E-state index is 0.0135. The van der Waals surface area contributed by atoms with Crippen LogP contribution in [0, 0.1) is 0 Å². The Balaban J connectivity index is 1.81. The quantitative estimate of drug-likeness (QED) is 0.409. The van der Waals surface area contributed by atoms with Crippen LogP contribution in [0.3, 0.4) is 0 Å². The molecule has 0 bridgehead atoms. The lowest BCUT2D eigenvalue weighted by molar-refractivity contribution is -0.138. The molecule has 0 amide bonds. The molecular formula is C11H13NO5. The zero-order chi connectivity index (χ0) is 12.0. The molecule has 3 rings (SSSR count). The fourth-order valence-corrected chi connectivity index (χ4v) is 2.23. The van der Waals surface area contributed by atoms with Crippen molar-refractivity contribution in [1.82, 2.24) is 0 Å². The lowest BCUT2D eigenvalue weighted by Crippen LogP contribution is -2.52. The van der Waals surface area contributed by atoms with Gasteiger partial charge in [0, 0.05) is 6.42 Å². The zero-order valence-corrected chi connectivity index (χ0v) is 9.33. The van der Waals surface area contributed by atoms with E-state index >= 15 is 0 Å². The maximum absolute atomic E-state index is 11.5. The third kappa shape index (κ3) is 1.64. The van der Waals surface area contributed by atoms with Crippen molar-refractivity contribution in [1.29, 1.82) is 0 Å². The summed E-state index contributed by atoms with van der Waals surface area (Å²) in [5.74, 6) is -0.549. The lowest BCUT2D eigenvalue weighted by Gasteiger charge is -2.35. The van der Waals surface area contributed by atoms with Crippen LogP contribution >= 0.6 is 0 Å². The largest absolute Gasteiger partial charge is 0.461 e. The second-order valence-corrected chi connectivity index (χ2v) is 4.38. The number of hydrogen-bond acceptors (Lipinski definition) is 6. The fraction of sp³-hybridized carbons (Fsp3) is 0.636. The molecule has 1 fully saturated rings. The smallest absolute Gasteiger partial charge is 0.356 e. The Labute approximate surface area is 97.8 Å². The Hall–Kier alpha value is -1.40. The van der Waals surface area contributed by atoms with Crippen LogP contribution in [0.4, 0.5) is 0 Å². The van der Waals surface area contributed by atoms with Crippen LogP contribution in [-0.4, -0.2) is 47.3 Å². The third-order valence-corrected chi connectivity index (χ3v) is 3.17. The number of ether oxygens (including phenoxy) is 2. The predicted molar refractivity (Wildman–Crippen MR) is 56.3 cm³/mol. The highest BCUT2D eigenvalue weighted by Gasteiger charge is 2.59. The second-order valence-electron chi connectivity index (χ2n) is 4.38. The van der Waals surface area contributed by atoms with Crippen molar-refractivity contribution in [3.63, 3.8) is 0 Å². The van der Waals surface area contributed by atoms with Gasteiger partial charge in [-0.25, -0.2) is 4.79 Å². The van der Waals surface area contributed by atoms with Crippen molar-refractivity contribution in [2.45, 2.75) is 37.3 Å². The summed E-state index contributed by atoms with van der Waals surface area (Å²) in [4.78, 5) is 16.7. The number of aliphatic hydroxyl groups is 1. The van der Waals surface area contributed by atoms with Crippen molar-refractivity contribution < 1.29 is 24.2 Å². The Kier molecular flexibility index (Phi) is 2.24. The van der Waals surface area contributed by atoms with E-state index in [9.17, 15) is 9.90 Å². The Morgan fingerprint density at radius 3 is 3.35 bits per heavy atom. The average Bonchev–Trinajstić information content (AvgIpc) is 3.07. The summed E-state index contributed by atoms with van der Waals surface area (Å²) in [6.45, 7) is 1.98. The van der Waals surface area contributed by atoms with E-state index in [0.717, 1.165) is 0 Å². The number of esters is 1. The number of carbonyl (C=O) groups is 1. The van der Waals surface area contributed by atoms with E-state index < -0.39 is 17.7 Å². The number of epoxide rings is 1. The first-order valence-electron chi connectivity index (χ1n) is 5.61. The monoisotopic (exact) mass is 239 g/mol. The molecule has 1 N–H and O–H groups in total. The summed E-state index contributed by atoms with van der Waals surface area (Å²) in [5.41, 5.74) is -1.11. The van der Waals surface area contributed by atoms with E-state index in [2.05, 4.69) is 5.16 Å². The molecule has 0 spiro atoms. The van der Waals surface area contributed by atoms with Gasteiger partial charge < -0.3 is 19.4 Å². The van der Waals surface area contributed by atoms with Crippen LogP contribution in [0.15, 0.2) is 17.3 Å². The van der Waals surface area contributed by atoms with Crippen LogP contribution in [0.1, 0.15) is 13.3 Å². The molecule has 0 aromatic heterocycles. The van der Waals surface area contributed by atoms with E-state index in [1.807, 2.05) is 0 Å². The standard InChI is InChI=1S/C11H13NO5/c1-2-15-10(13)6-5-11(14)4-3-7-8(16-7)9(11)17-12-6/h3-4,7-9,14H,2,5H2,1H3/t7?,8?,9-,11+/m0/s1. The van der Waals surface area contributed by atoms with Gasteiger partial charge in [0.2, 0.25) is 0 Å². The Morgan fingerprint density at radius 1 is 1.76 bits per heavy atom. The summed E-state index contributed by atoms with van der Waals surface area (Å²) in [7, 11) is 0. The predicted octanol–water partition coefficient (Wildman–Crippen LogP) is -0.237. The molecule has 0 aromatic carbocycles. The highest BCUT2D eigenvalue weighted by molar-refractivity contribution is 6.36. The van der Waals surface area contributed by atoms with E-state index in [1.54, 1.807) is 19.1 Å². The molecule has 6 nitrogen and oxygen atoms in total. The van der Waals surface area contributed by atoms with E-state index in [0.29, 0.717) is 0 Å². The lowest BCUT2D eigenvalue weighted by atomic mass is 9.83. The highest BCUT2D eigenvalue weighted by atomic mass is 16.7. The van der Waals surface area contributed by atoms with Crippen LogP contribution < -0.4 is 0 Å². The molecule has 2 aliphatic heterocycles. The zero-order valence-electron chi connectivity index (χ0n) is 9.33. The summed E-state index contributed by atoms with van der Waals surface area (Å²) >= 11 is 0. The van der Waals surface area contributed by atoms with Crippen molar-refractivity contribution in [3.8, 4) is 0 Å². The number of nitrogens with zero attached hydrogens (tertiary/aromatic N) is 1. The van der Waals surface area contributed by atoms with E-state index in [-0.39, 0.29) is 30.9 Å². The minimum Gasteiger partial charge on any atom is -0.461 e. The Bertz CT molecular complexity index is 418. The average molecular weight is 239 g/mol. The van der Waals surface area contributed by atoms with Crippen LogP contribution in [0.25, 0.3) is 0 Å². The number of oxime groups is 1. The van der Waals surface area contributed by atoms with Crippen LogP contribution in [0.5, 0.6) is 0 Å². The molecule has 0 radical (unpaired) electrons. The van der Waals surface area contributed by atoms with Gasteiger partial charge in [0.05, 0.1) is 6.61 Å². The van der Waals surface area contributed by atoms with Crippen LogP contribution in [-0.2, 0) is 19.1 Å². The van der Waals surface area contributed by atoms with Gasteiger partial charge >= 0.3 is 5.97 Å². The van der Waals surface area contributed by atoms with Gasteiger partial charge in [0.25, 0.3) is 0 Å². The summed E-state index contributed by atoms with van der Waals surface area (Å²) < 4.78 is 10.1. The van der Waals surface area contributed by atoms with Gasteiger partial charge in [-0.05, 0) is 6.92 Å². The van der Waals surface area contributed by atoms with Gasteiger partial charge in [-0.1, -0.05) is 17.3 Å². The van der Waals surface area contributed by atoms with Crippen molar-refractivity contribution in [3.05, 3.63) is 12.2 Å². The maximum atomic E-state index is 11.5. The number of carbonyl (C=O) groups excluding carboxylic acids is 1. The number of fused-ring (bicyclic) bond motifs is 3. The molecule has 3 aliphatic rings. The normalized spacial score (nSPS) is 41.8. The molecule has 4 atom stereocenters. The van der Waals surface area contributed by atoms with Gasteiger partial charge in [-0.3, -0.25) is 0 Å².